The molecule has 5 nitrogen and oxygen atoms in total. The molecule has 0 fully saturated rings. The number of aromatic amines is 1. The van der Waals surface area contributed by atoms with E-state index in [2.05, 4.69) is 9.98 Å². The number of hydrogen-bond donors (Lipinski definition) is 3. The summed E-state index contributed by atoms with van der Waals surface area (Å²) in [6.45, 7) is 0. The number of guanidine groups is 1. The van der Waals surface area contributed by atoms with E-state index in [0.717, 1.165) is 33.1 Å². The number of fused-ring (bicyclic) bond motifs is 2. The molecule has 4 aromatic rings. The number of benzene rings is 2. The predicted octanol–water partition coefficient (Wildman–Crippen LogP) is 3.83. The van der Waals surface area contributed by atoms with Crippen molar-refractivity contribution in [1.29, 1.82) is 5.41 Å². The topological polar surface area (TPSA) is 90.9 Å². The van der Waals surface area contributed by atoms with Crippen molar-refractivity contribution in [2.24, 2.45) is 10.7 Å². The highest BCUT2D eigenvalue weighted by Crippen LogP contribution is 2.27. The minimum atomic E-state index is -0.250. The third-order valence-electron chi connectivity index (χ3n) is 3.98. The fourth-order valence-corrected chi connectivity index (χ4v) is 3.04. The maximum absolute atomic E-state index is 7.60. The molecule has 6 heteroatoms. The summed E-state index contributed by atoms with van der Waals surface area (Å²) in [6.07, 6.45) is 1.83. The Bertz CT molecular complexity index is 1180. The predicted molar refractivity (Wildman–Crippen MR) is 102 cm³/mol. The van der Waals surface area contributed by atoms with Crippen LogP contribution in [0.4, 0.5) is 0 Å². The van der Waals surface area contributed by atoms with Gasteiger partial charge in [0.15, 0.2) is 0 Å². The van der Waals surface area contributed by atoms with Crippen LogP contribution in [0.1, 0.15) is 0 Å². The number of nitrogens with zero attached hydrogens (tertiary/aromatic N) is 2. The van der Waals surface area contributed by atoms with Crippen molar-refractivity contribution in [1.82, 2.24) is 9.97 Å². The zero-order valence-electron chi connectivity index (χ0n) is 13.1. The van der Waals surface area contributed by atoms with Gasteiger partial charge in [0.2, 0.25) is 5.96 Å². The van der Waals surface area contributed by atoms with Crippen molar-refractivity contribution < 1.29 is 0 Å². The second-order valence-electron chi connectivity index (χ2n) is 5.60. The first-order chi connectivity index (χ1) is 12.1. The van der Waals surface area contributed by atoms with Crippen LogP contribution in [0.15, 0.2) is 65.8 Å². The van der Waals surface area contributed by atoms with Crippen molar-refractivity contribution in [3.05, 3.63) is 71.2 Å². The molecule has 0 aliphatic carbocycles. The first-order valence-electron chi connectivity index (χ1n) is 7.68. The van der Waals surface area contributed by atoms with Gasteiger partial charge >= 0.3 is 0 Å². The van der Waals surface area contributed by atoms with Gasteiger partial charge in [0.05, 0.1) is 16.7 Å². The average Bonchev–Trinajstić information content (AvgIpc) is 3.04. The lowest BCUT2D eigenvalue weighted by Crippen LogP contribution is -2.13. The molecule has 122 valence electrons. The van der Waals surface area contributed by atoms with Crippen LogP contribution in [0.5, 0.6) is 0 Å². The van der Waals surface area contributed by atoms with Gasteiger partial charge in [-0.2, -0.15) is 0 Å². The van der Waals surface area contributed by atoms with Crippen LogP contribution >= 0.6 is 11.6 Å². The number of para-hydroxylation sites is 1. The van der Waals surface area contributed by atoms with Crippen molar-refractivity contribution in [2.45, 2.75) is 0 Å². The van der Waals surface area contributed by atoms with Gasteiger partial charge in [0.1, 0.15) is 5.36 Å². The number of hydrogen-bond acceptors (Lipinski definition) is 2. The van der Waals surface area contributed by atoms with Crippen LogP contribution in [0, 0.1) is 5.41 Å². The summed E-state index contributed by atoms with van der Waals surface area (Å²) in [5, 5.41) is 10.6. The van der Waals surface area contributed by atoms with Crippen LogP contribution in [-0.2, 0) is 0 Å². The SMILES string of the molecule is N=C(N)/N=c1/c2ccccc2nc(-c2ccc(Cl)cc2)c2cc[nH]c12. The Morgan fingerprint density at radius 2 is 1.80 bits per heavy atom. The number of rotatable bonds is 1. The summed E-state index contributed by atoms with van der Waals surface area (Å²) < 4.78 is 0. The summed E-state index contributed by atoms with van der Waals surface area (Å²) in [4.78, 5) is 12.3. The first-order valence-corrected chi connectivity index (χ1v) is 8.06. The molecule has 4 rings (SSSR count). The minimum Gasteiger partial charge on any atom is -0.368 e. The number of nitrogens with two attached hydrogens (primary N) is 1. The van der Waals surface area contributed by atoms with Gasteiger partial charge < -0.3 is 10.7 Å². The molecule has 0 bridgehead atoms. The minimum absolute atomic E-state index is 0.250. The molecule has 0 aliphatic rings. The smallest absolute Gasteiger partial charge is 0.213 e. The Kier molecular flexibility index (Phi) is 3.71. The Hall–Kier alpha value is -3.18. The number of H-pyrrole nitrogens is 1. The van der Waals surface area contributed by atoms with Gasteiger partial charge in [-0.3, -0.25) is 5.41 Å². The van der Waals surface area contributed by atoms with E-state index >= 15 is 0 Å². The highest BCUT2D eigenvalue weighted by molar-refractivity contribution is 6.30. The molecule has 4 N–H and O–H groups in total. The van der Waals surface area contributed by atoms with E-state index in [4.69, 9.17) is 27.7 Å². The first kappa shape index (κ1) is 15.4. The number of aromatic nitrogens is 2. The van der Waals surface area contributed by atoms with Crippen LogP contribution in [-0.4, -0.2) is 15.9 Å². The van der Waals surface area contributed by atoms with Gasteiger partial charge in [0.25, 0.3) is 0 Å². The normalized spacial score (nSPS) is 12.0. The molecule has 0 spiro atoms. The fourth-order valence-electron chi connectivity index (χ4n) is 2.91. The van der Waals surface area contributed by atoms with Gasteiger partial charge in [0, 0.05) is 27.6 Å². The van der Waals surface area contributed by atoms with Crippen LogP contribution in [0.2, 0.25) is 5.02 Å². The van der Waals surface area contributed by atoms with E-state index < -0.39 is 0 Å². The van der Waals surface area contributed by atoms with Gasteiger partial charge in [-0.15, -0.1) is 0 Å². The zero-order valence-corrected chi connectivity index (χ0v) is 13.9. The zero-order chi connectivity index (χ0) is 17.4. The third-order valence-corrected chi connectivity index (χ3v) is 4.23. The molecule has 25 heavy (non-hydrogen) atoms. The lowest BCUT2D eigenvalue weighted by Gasteiger charge is -2.00. The quantitative estimate of drug-likeness (QED) is 0.360. The second-order valence-corrected chi connectivity index (χ2v) is 6.03. The average molecular weight is 348 g/mol. The molecule has 0 saturated carbocycles. The third kappa shape index (κ3) is 2.75. The highest BCUT2D eigenvalue weighted by atomic mass is 35.5. The summed E-state index contributed by atoms with van der Waals surface area (Å²) in [6, 6.07) is 17.2. The standard InChI is InChI=1S/C19H14ClN5/c20-12-7-5-11(6-8-12)16-14-9-10-23-17(14)18(25-19(21)22)13-3-1-2-4-15(13)24-16/h1-10,23H,(H3,21,22)/b25-18-. The summed E-state index contributed by atoms with van der Waals surface area (Å²) in [5.41, 5.74) is 8.87. The lowest BCUT2D eigenvalue weighted by molar-refractivity contribution is 1.31. The molecular weight excluding hydrogens is 334 g/mol. The summed E-state index contributed by atoms with van der Waals surface area (Å²) in [5.74, 6) is -0.250. The van der Waals surface area contributed by atoms with E-state index in [-0.39, 0.29) is 5.96 Å². The number of nitrogens with one attached hydrogen (secondary N) is 2. The molecule has 0 aliphatic heterocycles. The maximum Gasteiger partial charge on any atom is 0.213 e. The van der Waals surface area contributed by atoms with Gasteiger partial charge in [-0.1, -0.05) is 41.9 Å². The molecule has 0 saturated heterocycles. The van der Waals surface area contributed by atoms with E-state index in [1.165, 1.54) is 0 Å². The van der Waals surface area contributed by atoms with Crippen molar-refractivity contribution in [2.75, 3.05) is 0 Å². The fraction of sp³-hybridized carbons (Fsp3) is 0. The Morgan fingerprint density at radius 3 is 2.56 bits per heavy atom. The molecule has 0 radical (unpaired) electrons. The Balaban J connectivity index is 2.24. The number of halogens is 1. The molecular formula is C19H14ClN5. The Morgan fingerprint density at radius 1 is 1.04 bits per heavy atom. The molecule has 0 amide bonds. The van der Waals surface area contributed by atoms with E-state index in [0.29, 0.717) is 10.4 Å². The summed E-state index contributed by atoms with van der Waals surface area (Å²) in [7, 11) is 0. The summed E-state index contributed by atoms with van der Waals surface area (Å²) >= 11 is 6.02. The maximum atomic E-state index is 7.60. The van der Waals surface area contributed by atoms with Crippen LogP contribution in [0.3, 0.4) is 0 Å². The highest BCUT2D eigenvalue weighted by Gasteiger charge is 2.10. The molecule has 2 heterocycles. The van der Waals surface area contributed by atoms with E-state index in [9.17, 15) is 0 Å². The molecule has 0 atom stereocenters. The molecule has 2 aromatic carbocycles. The van der Waals surface area contributed by atoms with Crippen molar-refractivity contribution >= 4 is 39.4 Å². The van der Waals surface area contributed by atoms with Crippen LogP contribution < -0.4 is 11.1 Å². The molecule has 2 aromatic heterocycles. The van der Waals surface area contributed by atoms with Gasteiger partial charge in [-0.05, 0) is 24.3 Å². The molecule has 0 unspecified atom stereocenters. The monoisotopic (exact) mass is 347 g/mol. The van der Waals surface area contributed by atoms with Crippen LogP contribution in [0.25, 0.3) is 33.1 Å². The van der Waals surface area contributed by atoms with Gasteiger partial charge in [-0.25, -0.2) is 9.98 Å². The van der Waals surface area contributed by atoms with E-state index in [1.807, 2.05) is 60.8 Å². The Labute approximate surface area is 148 Å². The van der Waals surface area contributed by atoms with E-state index in [1.54, 1.807) is 0 Å². The van der Waals surface area contributed by atoms with Crippen molar-refractivity contribution in [3.63, 3.8) is 0 Å². The van der Waals surface area contributed by atoms with Crippen molar-refractivity contribution in [3.8, 4) is 11.3 Å². The second kappa shape index (κ2) is 6.03. The largest absolute Gasteiger partial charge is 0.368 e. The lowest BCUT2D eigenvalue weighted by atomic mass is 10.1.